The van der Waals surface area contributed by atoms with Gasteiger partial charge in [-0.15, -0.1) is 0 Å². The van der Waals surface area contributed by atoms with Crippen molar-refractivity contribution in [2.24, 2.45) is 24.1 Å². The van der Waals surface area contributed by atoms with E-state index in [1.807, 2.05) is 17.9 Å². The summed E-state index contributed by atoms with van der Waals surface area (Å²) in [5, 5.41) is 4.29. The Labute approximate surface area is 104 Å². The van der Waals surface area contributed by atoms with Gasteiger partial charge in [0.2, 0.25) is 0 Å². The largest absolute Gasteiger partial charge is 0.321 e. The van der Waals surface area contributed by atoms with Crippen LogP contribution in [0.2, 0.25) is 0 Å². The molecule has 3 heteroatoms. The molecule has 0 bridgehead atoms. The second-order valence-corrected chi connectivity index (χ2v) is 6.61. The molecule has 2 rings (SSSR count). The van der Waals surface area contributed by atoms with E-state index >= 15 is 0 Å². The molecule has 0 aliphatic heterocycles. The maximum atomic E-state index is 6.77. The van der Waals surface area contributed by atoms with Crippen LogP contribution < -0.4 is 5.73 Å². The first-order valence-electron chi connectivity index (χ1n) is 6.62. The highest BCUT2D eigenvalue weighted by Gasteiger charge is 2.45. The van der Waals surface area contributed by atoms with Crippen LogP contribution in [-0.2, 0) is 12.6 Å². The van der Waals surface area contributed by atoms with Crippen molar-refractivity contribution < 1.29 is 0 Å². The van der Waals surface area contributed by atoms with Crippen molar-refractivity contribution in [2.45, 2.75) is 52.0 Å². The van der Waals surface area contributed by atoms with Gasteiger partial charge in [-0.25, -0.2) is 0 Å². The van der Waals surface area contributed by atoms with Gasteiger partial charge in [0.1, 0.15) is 0 Å². The molecule has 1 aliphatic rings. The van der Waals surface area contributed by atoms with Crippen molar-refractivity contribution in [3.8, 4) is 0 Å². The summed E-state index contributed by atoms with van der Waals surface area (Å²) in [6, 6.07) is 0. The number of rotatable bonds is 1. The van der Waals surface area contributed by atoms with Crippen LogP contribution in [0, 0.1) is 11.3 Å². The van der Waals surface area contributed by atoms with Crippen LogP contribution in [0.5, 0.6) is 0 Å². The molecule has 1 aliphatic carbocycles. The summed E-state index contributed by atoms with van der Waals surface area (Å²) in [6.45, 7) is 6.92. The maximum absolute atomic E-state index is 6.77. The van der Waals surface area contributed by atoms with Crippen LogP contribution in [0.25, 0.3) is 0 Å². The van der Waals surface area contributed by atoms with Crippen LogP contribution in [0.3, 0.4) is 0 Å². The number of hydrogen-bond donors (Lipinski definition) is 1. The summed E-state index contributed by atoms with van der Waals surface area (Å²) < 4.78 is 1.86. The van der Waals surface area contributed by atoms with Gasteiger partial charge >= 0.3 is 0 Å². The lowest BCUT2D eigenvalue weighted by Gasteiger charge is -2.47. The standard InChI is InChI=1S/C14H25N3/c1-13(2,3)12-7-5-6-8-14(12,15)11-9-16-17(4)10-11/h9-10,12H,5-8,15H2,1-4H3. The van der Waals surface area contributed by atoms with E-state index in [0.717, 1.165) is 6.42 Å². The fourth-order valence-corrected chi connectivity index (χ4v) is 3.41. The van der Waals surface area contributed by atoms with Crippen molar-refractivity contribution >= 4 is 0 Å². The maximum Gasteiger partial charge on any atom is 0.0540 e. The zero-order chi connectivity index (χ0) is 12.7. The zero-order valence-corrected chi connectivity index (χ0v) is 11.5. The minimum absolute atomic E-state index is 0.190. The Morgan fingerprint density at radius 1 is 1.41 bits per heavy atom. The molecular formula is C14H25N3. The van der Waals surface area contributed by atoms with E-state index in [9.17, 15) is 0 Å². The molecule has 2 atom stereocenters. The van der Waals surface area contributed by atoms with Crippen molar-refractivity contribution in [3.63, 3.8) is 0 Å². The Kier molecular flexibility index (Phi) is 3.06. The Morgan fingerprint density at radius 3 is 2.65 bits per heavy atom. The Bertz CT molecular complexity index is 388. The molecule has 0 radical (unpaired) electrons. The lowest BCUT2D eigenvalue weighted by Crippen LogP contribution is -2.51. The zero-order valence-electron chi connectivity index (χ0n) is 11.5. The number of hydrogen-bond acceptors (Lipinski definition) is 2. The van der Waals surface area contributed by atoms with Crippen molar-refractivity contribution in [3.05, 3.63) is 18.0 Å². The summed E-state index contributed by atoms with van der Waals surface area (Å²) in [5.41, 5.74) is 8.04. The average Bonchev–Trinajstić information content (AvgIpc) is 2.64. The molecule has 2 N–H and O–H groups in total. The molecule has 1 heterocycles. The number of nitrogens with zero attached hydrogens (tertiary/aromatic N) is 2. The third-order valence-corrected chi connectivity index (χ3v) is 4.24. The van der Waals surface area contributed by atoms with Gasteiger partial charge in [-0.1, -0.05) is 33.6 Å². The summed E-state index contributed by atoms with van der Waals surface area (Å²) in [7, 11) is 1.96. The molecule has 1 aromatic rings. The minimum Gasteiger partial charge on any atom is -0.321 e. The molecule has 17 heavy (non-hydrogen) atoms. The molecule has 2 unspecified atom stereocenters. The first kappa shape index (κ1) is 12.6. The van der Waals surface area contributed by atoms with E-state index in [-0.39, 0.29) is 11.0 Å². The number of nitrogens with two attached hydrogens (primary N) is 1. The highest BCUT2D eigenvalue weighted by Crippen LogP contribution is 2.47. The Morgan fingerprint density at radius 2 is 2.12 bits per heavy atom. The highest BCUT2D eigenvalue weighted by atomic mass is 15.2. The summed E-state index contributed by atoms with van der Waals surface area (Å²) >= 11 is 0. The van der Waals surface area contributed by atoms with E-state index in [4.69, 9.17) is 5.73 Å². The fourth-order valence-electron chi connectivity index (χ4n) is 3.41. The minimum atomic E-state index is -0.190. The summed E-state index contributed by atoms with van der Waals surface area (Å²) in [4.78, 5) is 0. The molecule has 0 amide bonds. The van der Waals surface area contributed by atoms with Gasteiger partial charge in [0.15, 0.2) is 0 Å². The van der Waals surface area contributed by atoms with Gasteiger partial charge in [0, 0.05) is 24.3 Å². The van der Waals surface area contributed by atoms with E-state index in [1.54, 1.807) is 0 Å². The summed E-state index contributed by atoms with van der Waals surface area (Å²) in [5.74, 6) is 0.535. The Balaban J connectivity index is 2.38. The SMILES string of the molecule is Cn1cc(C2(N)CCCCC2C(C)(C)C)cn1. The van der Waals surface area contributed by atoms with Crippen LogP contribution in [-0.4, -0.2) is 9.78 Å². The van der Waals surface area contributed by atoms with E-state index in [1.165, 1.54) is 24.8 Å². The van der Waals surface area contributed by atoms with Crippen LogP contribution in [0.1, 0.15) is 52.0 Å². The first-order chi connectivity index (χ1) is 7.84. The van der Waals surface area contributed by atoms with Crippen LogP contribution in [0.15, 0.2) is 12.4 Å². The molecule has 0 aromatic carbocycles. The molecular weight excluding hydrogens is 210 g/mol. The second-order valence-electron chi connectivity index (χ2n) is 6.61. The predicted molar refractivity (Wildman–Crippen MR) is 70.5 cm³/mol. The molecule has 1 saturated carbocycles. The third-order valence-electron chi connectivity index (χ3n) is 4.24. The van der Waals surface area contributed by atoms with Gasteiger partial charge in [-0.2, -0.15) is 5.10 Å². The van der Waals surface area contributed by atoms with Gasteiger partial charge in [-0.05, 0) is 24.2 Å². The van der Waals surface area contributed by atoms with Crippen molar-refractivity contribution in [1.82, 2.24) is 9.78 Å². The quantitative estimate of drug-likeness (QED) is 0.813. The molecule has 3 nitrogen and oxygen atoms in total. The number of aromatic nitrogens is 2. The van der Waals surface area contributed by atoms with Gasteiger partial charge in [0.25, 0.3) is 0 Å². The molecule has 1 fully saturated rings. The lowest BCUT2D eigenvalue weighted by molar-refractivity contribution is 0.0777. The monoisotopic (exact) mass is 235 g/mol. The van der Waals surface area contributed by atoms with Gasteiger partial charge in [-0.3, -0.25) is 4.68 Å². The smallest absolute Gasteiger partial charge is 0.0540 e. The highest BCUT2D eigenvalue weighted by molar-refractivity contribution is 5.21. The summed E-state index contributed by atoms with van der Waals surface area (Å²) in [6.07, 6.45) is 8.89. The lowest BCUT2D eigenvalue weighted by atomic mass is 9.60. The molecule has 0 saturated heterocycles. The van der Waals surface area contributed by atoms with E-state index < -0.39 is 0 Å². The average molecular weight is 235 g/mol. The Hall–Kier alpha value is -0.830. The molecule has 0 spiro atoms. The van der Waals surface area contributed by atoms with Crippen LogP contribution >= 0.6 is 0 Å². The molecule has 1 aromatic heterocycles. The van der Waals surface area contributed by atoms with Gasteiger partial charge < -0.3 is 5.73 Å². The third kappa shape index (κ3) is 2.25. The number of aryl methyl sites for hydroxylation is 1. The van der Waals surface area contributed by atoms with E-state index in [2.05, 4.69) is 32.1 Å². The normalized spacial score (nSPS) is 30.5. The topological polar surface area (TPSA) is 43.8 Å². The fraction of sp³-hybridized carbons (Fsp3) is 0.786. The van der Waals surface area contributed by atoms with Gasteiger partial charge in [0.05, 0.1) is 6.20 Å². The second kappa shape index (κ2) is 4.13. The predicted octanol–water partition coefficient (Wildman–Crippen LogP) is 2.81. The van der Waals surface area contributed by atoms with Crippen molar-refractivity contribution in [1.29, 1.82) is 0 Å². The van der Waals surface area contributed by atoms with E-state index in [0.29, 0.717) is 5.92 Å². The van der Waals surface area contributed by atoms with Crippen molar-refractivity contribution in [2.75, 3.05) is 0 Å². The first-order valence-corrected chi connectivity index (χ1v) is 6.62. The molecule has 96 valence electrons. The van der Waals surface area contributed by atoms with Crippen LogP contribution in [0.4, 0.5) is 0 Å².